The Kier molecular flexibility index (Phi) is 16.4. The summed E-state index contributed by atoms with van der Waals surface area (Å²) >= 11 is 0. The van der Waals surface area contributed by atoms with Crippen LogP contribution in [0.15, 0.2) is 0 Å². The lowest BCUT2D eigenvalue weighted by Crippen LogP contribution is -2.41. The topological polar surface area (TPSA) is 120 Å². The van der Waals surface area contributed by atoms with Crippen LogP contribution in [0.4, 0.5) is 0 Å². The summed E-state index contributed by atoms with van der Waals surface area (Å²) in [7, 11) is 2.16. The van der Waals surface area contributed by atoms with E-state index in [1.165, 1.54) is 32.1 Å². The predicted octanol–water partition coefficient (Wildman–Crippen LogP) is 1.71. The van der Waals surface area contributed by atoms with Crippen molar-refractivity contribution in [1.82, 2.24) is 9.80 Å². The van der Waals surface area contributed by atoms with Crippen molar-refractivity contribution in [2.24, 2.45) is 0 Å². The number of cyclic esters (lactones) is 1. The number of rotatable bonds is 20. The molecule has 0 bridgehead atoms. The lowest BCUT2D eigenvalue weighted by atomic mass is 10.1. The first kappa shape index (κ1) is 30.8. The number of carbonyl (C=O) groups excluding carboxylic acids is 2. The van der Waals surface area contributed by atoms with Gasteiger partial charge in [-0.3, -0.25) is 4.79 Å². The number of aliphatic hydroxyl groups is 3. The molecule has 200 valence electrons. The van der Waals surface area contributed by atoms with Crippen LogP contribution in [0.3, 0.4) is 0 Å². The zero-order valence-electron chi connectivity index (χ0n) is 21.5. The van der Waals surface area contributed by atoms with Crippen LogP contribution in [0.1, 0.15) is 78.1 Å². The maximum atomic E-state index is 11.9. The third-order valence-electron chi connectivity index (χ3n) is 6.47. The lowest BCUT2D eigenvalue weighted by Gasteiger charge is -2.25. The van der Waals surface area contributed by atoms with Crippen molar-refractivity contribution in [2.45, 2.75) is 102 Å². The summed E-state index contributed by atoms with van der Waals surface area (Å²) in [6.07, 6.45) is 4.64. The van der Waals surface area contributed by atoms with Crippen LogP contribution in [0.2, 0.25) is 0 Å². The van der Waals surface area contributed by atoms with Crippen molar-refractivity contribution in [1.29, 1.82) is 0 Å². The van der Waals surface area contributed by atoms with Crippen LogP contribution >= 0.6 is 0 Å². The molecule has 0 radical (unpaired) electrons. The molecule has 0 saturated carbocycles. The Morgan fingerprint density at radius 3 is 2.15 bits per heavy atom. The predicted molar refractivity (Wildman–Crippen MR) is 130 cm³/mol. The van der Waals surface area contributed by atoms with Gasteiger partial charge in [-0.05, 0) is 45.9 Å². The molecule has 0 aromatic carbocycles. The number of aliphatic hydroxyl groups excluding tert-OH is 3. The smallest absolute Gasteiger partial charge is 0.338 e. The van der Waals surface area contributed by atoms with E-state index in [-0.39, 0.29) is 13.0 Å². The van der Waals surface area contributed by atoms with E-state index in [0.717, 1.165) is 52.0 Å². The Bertz CT molecular complexity index is 563. The van der Waals surface area contributed by atoms with Crippen LogP contribution in [0.5, 0.6) is 0 Å². The maximum absolute atomic E-state index is 11.9. The van der Waals surface area contributed by atoms with Crippen molar-refractivity contribution >= 4 is 11.9 Å². The summed E-state index contributed by atoms with van der Waals surface area (Å²) in [5.74, 6) is -1.43. The third-order valence-corrected chi connectivity index (χ3v) is 6.47. The Labute approximate surface area is 205 Å². The number of likely N-dealkylation sites (N-methyl/N-ethyl adjacent to an activating group) is 1. The Balaban J connectivity index is 2.17. The molecule has 34 heavy (non-hydrogen) atoms. The van der Waals surface area contributed by atoms with Gasteiger partial charge < -0.3 is 34.6 Å². The van der Waals surface area contributed by atoms with E-state index in [1.807, 2.05) is 0 Å². The molecule has 9 nitrogen and oxygen atoms in total. The van der Waals surface area contributed by atoms with Gasteiger partial charge in [-0.15, -0.1) is 0 Å². The van der Waals surface area contributed by atoms with E-state index < -0.39 is 36.4 Å². The molecule has 1 aliphatic heterocycles. The van der Waals surface area contributed by atoms with Gasteiger partial charge in [0.1, 0.15) is 18.8 Å². The molecule has 0 amide bonds. The van der Waals surface area contributed by atoms with Crippen molar-refractivity contribution < 1.29 is 34.4 Å². The molecule has 1 aliphatic rings. The van der Waals surface area contributed by atoms with Gasteiger partial charge in [0.15, 0.2) is 12.2 Å². The van der Waals surface area contributed by atoms with Gasteiger partial charge in [0.2, 0.25) is 0 Å². The minimum absolute atomic E-state index is 0.255. The molecule has 4 unspecified atom stereocenters. The highest BCUT2D eigenvalue weighted by Crippen LogP contribution is 2.19. The van der Waals surface area contributed by atoms with Crippen molar-refractivity contribution in [3.63, 3.8) is 0 Å². The zero-order valence-corrected chi connectivity index (χ0v) is 21.5. The Morgan fingerprint density at radius 2 is 1.59 bits per heavy atom. The average molecular weight is 489 g/mol. The second-order valence-corrected chi connectivity index (χ2v) is 9.40. The molecule has 4 atom stereocenters. The molecule has 0 spiro atoms. The fourth-order valence-electron chi connectivity index (χ4n) is 3.95. The lowest BCUT2D eigenvalue weighted by molar-refractivity contribution is -0.156. The van der Waals surface area contributed by atoms with Gasteiger partial charge in [0.05, 0.1) is 0 Å². The number of nitrogens with zero attached hydrogens (tertiary/aromatic N) is 2. The molecule has 3 N–H and O–H groups in total. The summed E-state index contributed by atoms with van der Waals surface area (Å²) in [5.41, 5.74) is 0. The fourth-order valence-corrected chi connectivity index (χ4v) is 3.95. The first-order chi connectivity index (χ1) is 16.3. The summed E-state index contributed by atoms with van der Waals surface area (Å²) in [4.78, 5) is 28.0. The van der Waals surface area contributed by atoms with Crippen LogP contribution < -0.4 is 0 Å². The highest BCUT2D eigenvalue weighted by Gasteiger charge is 2.46. The van der Waals surface area contributed by atoms with Crippen LogP contribution in [0.25, 0.3) is 0 Å². The van der Waals surface area contributed by atoms with Crippen LogP contribution in [0, 0.1) is 0 Å². The molecular formula is C25H48N2O7. The first-order valence-corrected chi connectivity index (χ1v) is 13.1. The van der Waals surface area contributed by atoms with Crippen molar-refractivity contribution in [2.75, 3.05) is 46.4 Å². The van der Waals surface area contributed by atoms with Crippen molar-refractivity contribution in [3.05, 3.63) is 0 Å². The molecular weight excluding hydrogens is 440 g/mol. The summed E-state index contributed by atoms with van der Waals surface area (Å²) < 4.78 is 9.75. The number of ether oxygens (including phenoxy) is 2. The van der Waals surface area contributed by atoms with Gasteiger partial charge in [0, 0.05) is 19.5 Å². The van der Waals surface area contributed by atoms with Crippen LogP contribution in [-0.4, -0.2) is 108 Å². The molecule has 1 fully saturated rings. The zero-order chi connectivity index (χ0) is 25.3. The second-order valence-electron chi connectivity index (χ2n) is 9.40. The fraction of sp³-hybridized carbons (Fsp3) is 0.920. The quantitative estimate of drug-likeness (QED) is 0.174. The van der Waals surface area contributed by atoms with E-state index in [9.17, 15) is 24.9 Å². The van der Waals surface area contributed by atoms with Gasteiger partial charge in [-0.2, -0.15) is 0 Å². The number of hydrogen-bond donors (Lipinski definition) is 3. The monoisotopic (exact) mass is 488 g/mol. The minimum atomic E-state index is -1.68. The van der Waals surface area contributed by atoms with Gasteiger partial charge in [0.25, 0.3) is 0 Å². The first-order valence-electron chi connectivity index (χ1n) is 13.1. The maximum Gasteiger partial charge on any atom is 0.338 e. The number of unbranched alkanes of at least 4 members (excludes halogenated alkanes) is 7. The molecule has 1 rings (SSSR count). The third kappa shape index (κ3) is 12.4. The average Bonchev–Trinajstić information content (AvgIpc) is 3.09. The van der Waals surface area contributed by atoms with E-state index in [1.54, 1.807) is 0 Å². The number of esters is 2. The van der Waals surface area contributed by atoms with Crippen molar-refractivity contribution in [3.8, 4) is 0 Å². The minimum Gasteiger partial charge on any atom is -0.463 e. The number of carbonyl (C=O) groups is 2. The molecule has 1 saturated heterocycles. The molecule has 9 heteroatoms. The van der Waals surface area contributed by atoms with E-state index in [4.69, 9.17) is 9.47 Å². The van der Waals surface area contributed by atoms with Gasteiger partial charge in [-0.1, -0.05) is 52.4 Å². The number of hydrogen-bond acceptors (Lipinski definition) is 9. The van der Waals surface area contributed by atoms with E-state index in [2.05, 4.69) is 30.7 Å². The van der Waals surface area contributed by atoms with E-state index in [0.29, 0.717) is 6.42 Å². The Hall–Kier alpha value is -1.26. The van der Waals surface area contributed by atoms with Gasteiger partial charge in [-0.25, -0.2) is 4.79 Å². The largest absolute Gasteiger partial charge is 0.463 e. The summed E-state index contributed by atoms with van der Waals surface area (Å²) in [6, 6.07) is 0. The highest BCUT2D eigenvalue weighted by molar-refractivity contribution is 5.77. The molecule has 1 heterocycles. The molecule has 0 aliphatic carbocycles. The standard InChI is InChI=1S/C25H48N2O7/c1-4-6-7-9-12-15-27(18-17-26(3)5-2)16-13-10-8-11-14-21(29)33-19-20(28)24-22(30)23(31)25(32)34-24/h20,22-24,28,30-31H,4-19H2,1-3H3. The molecule has 0 aromatic rings. The second kappa shape index (κ2) is 18.1. The summed E-state index contributed by atoms with van der Waals surface area (Å²) in [6.45, 7) is 9.49. The highest BCUT2D eigenvalue weighted by atomic mass is 16.6. The molecule has 0 aromatic heterocycles. The summed E-state index contributed by atoms with van der Waals surface area (Å²) in [5, 5.41) is 29.0. The van der Waals surface area contributed by atoms with Crippen LogP contribution in [-0.2, 0) is 19.1 Å². The van der Waals surface area contributed by atoms with E-state index >= 15 is 0 Å². The Morgan fingerprint density at radius 1 is 0.971 bits per heavy atom. The normalized spacial score (nSPS) is 21.3. The SMILES string of the molecule is CCCCCCCN(CCCCCCC(=O)OCC(O)C1OC(=O)C(O)C1O)CCN(C)CC. The van der Waals surface area contributed by atoms with Gasteiger partial charge >= 0.3 is 11.9 Å².